The van der Waals surface area contributed by atoms with Crippen molar-refractivity contribution in [3.8, 4) is 5.75 Å². The van der Waals surface area contributed by atoms with Crippen LogP contribution in [0.5, 0.6) is 5.75 Å². The molecule has 1 atom stereocenters. The van der Waals surface area contributed by atoms with Crippen molar-refractivity contribution >= 4 is 18.0 Å². The normalized spacial score (nSPS) is 15.1. The Morgan fingerprint density at radius 2 is 2.07 bits per heavy atom. The minimum Gasteiger partial charge on any atom is -0.493 e. The highest BCUT2D eigenvalue weighted by Gasteiger charge is 2.16. The van der Waals surface area contributed by atoms with Gasteiger partial charge in [0.2, 0.25) is 0 Å². The monoisotopic (exact) mass is 371 g/mol. The number of nitrogens with one attached hydrogen (secondary N) is 1. The van der Waals surface area contributed by atoms with Gasteiger partial charge in [-0.1, -0.05) is 29.8 Å². The topological polar surface area (TPSA) is 64.6 Å². The Balaban J connectivity index is 1.77. The van der Waals surface area contributed by atoms with Gasteiger partial charge >= 0.3 is 5.97 Å². The number of esters is 1. The molecule has 0 aromatic heterocycles. The van der Waals surface area contributed by atoms with E-state index in [4.69, 9.17) is 9.47 Å². The molecule has 1 aliphatic carbocycles. The van der Waals surface area contributed by atoms with Crippen molar-refractivity contribution in [2.24, 2.45) is 0 Å². The maximum atomic E-state index is 12.1. The summed E-state index contributed by atoms with van der Waals surface area (Å²) < 4.78 is 10.7. The van der Waals surface area contributed by atoms with E-state index in [1.807, 2.05) is 31.2 Å². The molecule has 0 fully saturated rings. The Bertz CT molecular complexity index is 693. The molecule has 27 heavy (non-hydrogen) atoms. The molecule has 1 aliphatic rings. The molecule has 1 aromatic carbocycles. The zero-order valence-electron chi connectivity index (χ0n) is 16.2. The molecule has 0 radical (unpaired) electrons. The highest BCUT2D eigenvalue weighted by Crippen LogP contribution is 2.20. The van der Waals surface area contributed by atoms with Crippen molar-refractivity contribution in [1.29, 1.82) is 0 Å². The Morgan fingerprint density at radius 3 is 2.81 bits per heavy atom. The van der Waals surface area contributed by atoms with Gasteiger partial charge in [0.05, 0.1) is 6.61 Å². The van der Waals surface area contributed by atoms with Crippen LogP contribution in [0.3, 0.4) is 0 Å². The number of carbonyl (C=O) groups is 2. The van der Waals surface area contributed by atoms with Gasteiger partial charge in [0, 0.05) is 18.2 Å². The van der Waals surface area contributed by atoms with Crippen molar-refractivity contribution in [3.05, 3.63) is 47.6 Å². The van der Waals surface area contributed by atoms with Crippen molar-refractivity contribution < 1.29 is 19.1 Å². The molecule has 0 heterocycles. The molecule has 0 bridgehead atoms. The summed E-state index contributed by atoms with van der Waals surface area (Å²) in [6.45, 7) is 4.60. The second kappa shape index (κ2) is 11.2. The minimum atomic E-state index is -0.829. The molecule has 1 amide bonds. The number of carbonyl (C=O) groups excluding carboxylic acids is 2. The van der Waals surface area contributed by atoms with Gasteiger partial charge in [-0.15, -0.1) is 0 Å². The molecule has 2 rings (SSSR count). The van der Waals surface area contributed by atoms with Crippen molar-refractivity contribution in [1.82, 2.24) is 5.32 Å². The smallest absolute Gasteiger partial charge is 0.331 e. The fraction of sp³-hybridized carbons (Fsp3) is 0.455. The Labute approximate surface area is 161 Å². The molecule has 0 aliphatic heterocycles. The summed E-state index contributed by atoms with van der Waals surface area (Å²) in [4.78, 5) is 24.1. The van der Waals surface area contributed by atoms with Crippen LogP contribution in [-0.2, 0) is 14.3 Å². The molecule has 1 N–H and O–H groups in total. The molecule has 1 aromatic rings. The highest BCUT2D eigenvalue weighted by atomic mass is 16.5. The SMILES string of the molecule is CCOc1ccccc1/C=C/C(=O)O[C@@H](C)C(=O)NCCC1=CCCCC1. The van der Waals surface area contributed by atoms with E-state index in [0.717, 1.165) is 24.8 Å². The maximum absolute atomic E-state index is 12.1. The summed E-state index contributed by atoms with van der Waals surface area (Å²) in [5.41, 5.74) is 2.19. The molecule has 146 valence electrons. The Kier molecular flexibility index (Phi) is 8.62. The molecule has 0 saturated carbocycles. The van der Waals surface area contributed by atoms with E-state index < -0.39 is 12.1 Å². The van der Waals surface area contributed by atoms with Crippen LogP contribution in [0.15, 0.2) is 42.0 Å². The molecule has 0 spiro atoms. The van der Waals surface area contributed by atoms with Gasteiger partial charge in [0.25, 0.3) is 5.91 Å². The number of allylic oxidation sites excluding steroid dienone is 1. The maximum Gasteiger partial charge on any atom is 0.331 e. The van der Waals surface area contributed by atoms with Crippen molar-refractivity contribution in [2.75, 3.05) is 13.2 Å². The highest BCUT2D eigenvalue weighted by molar-refractivity contribution is 5.90. The summed E-state index contributed by atoms with van der Waals surface area (Å²) in [5, 5.41) is 2.83. The number of amides is 1. The first-order valence-corrected chi connectivity index (χ1v) is 9.66. The third-order valence-electron chi connectivity index (χ3n) is 4.41. The standard InChI is InChI=1S/C22H29NO4/c1-3-26-20-12-8-7-11-19(20)13-14-21(24)27-17(2)22(25)23-16-15-18-9-5-4-6-10-18/h7-9,11-14,17H,3-6,10,15-16H2,1-2H3,(H,23,25)/b14-13+/t17-/m0/s1. The molecule has 5 nitrogen and oxygen atoms in total. The van der Waals surface area contributed by atoms with Gasteiger partial charge in [-0.25, -0.2) is 4.79 Å². The summed E-state index contributed by atoms with van der Waals surface area (Å²) in [5.74, 6) is -0.131. The Morgan fingerprint density at radius 1 is 1.26 bits per heavy atom. The predicted molar refractivity (Wildman–Crippen MR) is 106 cm³/mol. The average Bonchev–Trinajstić information content (AvgIpc) is 2.68. The van der Waals surface area contributed by atoms with Crippen LogP contribution in [-0.4, -0.2) is 31.1 Å². The van der Waals surface area contributed by atoms with Gasteiger partial charge < -0.3 is 14.8 Å². The predicted octanol–water partition coefficient (Wildman–Crippen LogP) is 4.04. The number of benzene rings is 1. The number of ether oxygens (including phenoxy) is 2. The third kappa shape index (κ3) is 7.29. The molecule has 0 unspecified atom stereocenters. The van der Waals surface area contributed by atoms with Gasteiger partial charge in [-0.2, -0.15) is 0 Å². The zero-order valence-corrected chi connectivity index (χ0v) is 16.2. The summed E-state index contributed by atoms with van der Waals surface area (Å²) >= 11 is 0. The second-order valence-corrected chi connectivity index (χ2v) is 6.53. The number of hydrogen-bond acceptors (Lipinski definition) is 4. The average molecular weight is 371 g/mol. The summed E-state index contributed by atoms with van der Waals surface area (Å²) in [6.07, 6.45) is 9.99. The summed E-state index contributed by atoms with van der Waals surface area (Å²) in [7, 11) is 0. The van der Waals surface area contributed by atoms with E-state index in [1.54, 1.807) is 13.0 Å². The molecule has 5 heteroatoms. The van der Waals surface area contributed by atoms with Crippen LogP contribution in [0.2, 0.25) is 0 Å². The molecule has 0 saturated heterocycles. The first kappa shape index (κ1) is 20.7. The number of para-hydroxylation sites is 1. The third-order valence-corrected chi connectivity index (χ3v) is 4.41. The van der Waals surface area contributed by atoms with Gasteiger partial charge in [-0.05, 0) is 58.1 Å². The Hall–Kier alpha value is -2.56. The molecular formula is C22H29NO4. The van der Waals surface area contributed by atoms with E-state index in [9.17, 15) is 9.59 Å². The van der Waals surface area contributed by atoms with E-state index >= 15 is 0 Å². The van der Waals surface area contributed by atoms with Gasteiger partial charge in [0.15, 0.2) is 6.10 Å². The zero-order chi connectivity index (χ0) is 19.5. The first-order chi connectivity index (χ1) is 13.1. The van der Waals surface area contributed by atoms with Gasteiger partial charge in [0.1, 0.15) is 5.75 Å². The number of hydrogen-bond donors (Lipinski definition) is 1. The number of rotatable bonds is 9. The first-order valence-electron chi connectivity index (χ1n) is 9.66. The quantitative estimate of drug-likeness (QED) is 0.404. The van der Waals surface area contributed by atoms with Gasteiger partial charge in [-0.3, -0.25) is 4.79 Å². The second-order valence-electron chi connectivity index (χ2n) is 6.53. The van der Waals surface area contributed by atoms with Crippen molar-refractivity contribution in [3.63, 3.8) is 0 Å². The van der Waals surface area contributed by atoms with E-state index in [-0.39, 0.29) is 5.91 Å². The van der Waals surface area contributed by atoms with E-state index in [0.29, 0.717) is 18.9 Å². The summed E-state index contributed by atoms with van der Waals surface area (Å²) in [6, 6.07) is 7.43. The van der Waals surface area contributed by atoms with Crippen LogP contribution in [0.25, 0.3) is 6.08 Å². The lowest BCUT2D eigenvalue weighted by Crippen LogP contribution is -2.36. The fourth-order valence-corrected chi connectivity index (χ4v) is 2.95. The van der Waals surface area contributed by atoms with Crippen molar-refractivity contribution in [2.45, 2.75) is 52.1 Å². The lowest BCUT2D eigenvalue weighted by molar-refractivity contribution is -0.150. The lowest BCUT2D eigenvalue weighted by atomic mass is 9.97. The van der Waals surface area contributed by atoms with E-state index in [1.165, 1.54) is 24.5 Å². The van der Waals surface area contributed by atoms with E-state index in [2.05, 4.69) is 11.4 Å². The largest absolute Gasteiger partial charge is 0.493 e. The fourth-order valence-electron chi connectivity index (χ4n) is 2.95. The minimum absolute atomic E-state index is 0.275. The van der Waals surface area contributed by atoms with Crippen LogP contribution in [0.1, 0.15) is 51.5 Å². The van der Waals surface area contributed by atoms with Crippen LogP contribution in [0, 0.1) is 0 Å². The lowest BCUT2D eigenvalue weighted by Gasteiger charge is -2.15. The molecular weight excluding hydrogens is 342 g/mol. The van der Waals surface area contributed by atoms with Crippen LogP contribution >= 0.6 is 0 Å². The van der Waals surface area contributed by atoms with Crippen LogP contribution in [0.4, 0.5) is 0 Å². The van der Waals surface area contributed by atoms with Crippen LogP contribution < -0.4 is 10.1 Å².